The molecule has 0 aliphatic carbocycles. The number of ether oxygens (including phenoxy) is 2. The first-order valence-electron chi connectivity index (χ1n) is 5.26. The number of carbonyl (C=O) groups is 2. The summed E-state index contributed by atoms with van der Waals surface area (Å²) in [4.78, 5) is 22.5. The van der Waals surface area contributed by atoms with Crippen LogP contribution < -0.4 is 4.74 Å². The largest absolute Gasteiger partial charge is 0.465 e. The lowest BCUT2D eigenvalue weighted by Crippen LogP contribution is -2.10. The van der Waals surface area contributed by atoms with Gasteiger partial charge < -0.3 is 9.47 Å². The van der Waals surface area contributed by atoms with E-state index in [0.29, 0.717) is 11.3 Å². The number of aryl methyl sites for hydroxylation is 1. The number of rotatable bonds is 2. The van der Waals surface area contributed by atoms with Crippen molar-refractivity contribution in [1.29, 1.82) is 0 Å². The van der Waals surface area contributed by atoms with Crippen LogP contribution in [0.5, 0.6) is 5.75 Å². The van der Waals surface area contributed by atoms with E-state index in [1.165, 1.54) is 14.0 Å². The van der Waals surface area contributed by atoms with Gasteiger partial charge in [0, 0.05) is 6.92 Å². The zero-order chi connectivity index (χ0) is 13.2. The van der Waals surface area contributed by atoms with Gasteiger partial charge in [0.05, 0.1) is 12.7 Å². The fourth-order valence-corrected chi connectivity index (χ4v) is 1.68. The van der Waals surface area contributed by atoms with Crippen LogP contribution in [0.1, 0.15) is 34.0 Å². The zero-order valence-electron chi connectivity index (χ0n) is 10.7. The highest BCUT2D eigenvalue weighted by Gasteiger charge is 2.17. The molecule has 92 valence electrons. The van der Waals surface area contributed by atoms with E-state index in [1.54, 1.807) is 19.9 Å². The van der Waals surface area contributed by atoms with Gasteiger partial charge in [-0.2, -0.15) is 0 Å². The van der Waals surface area contributed by atoms with Crippen molar-refractivity contribution < 1.29 is 19.1 Å². The van der Waals surface area contributed by atoms with Crippen molar-refractivity contribution in [3.63, 3.8) is 0 Å². The minimum Gasteiger partial charge on any atom is -0.465 e. The topological polar surface area (TPSA) is 52.6 Å². The molecular weight excluding hydrogens is 220 g/mol. The molecule has 0 radical (unpaired) electrons. The van der Waals surface area contributed by atoms with Gasteiger partial charge in [0.15, 0.2) is 0 Å². The van der Waals surface area contributed by atoms with E-state index in [-0.39, 0.29) is 11.9 Å². The summed E-state index contributed by atoms with van der Waals surface area (Å²) in [5.41, 5.74) is 2.78. The SMILES string of the molecule is COC(=O)c1cc(C)c(OC(C)=O)c(C)c1C. The fourth-order valence-electron chi connectivity index (χ4n) is 1.68. The van der Waals surface area contributed by atoms with Crippen molar-refractivity contribution in [3.05, 3.63) is 28.3 Å². The first-order chi connectivity index (χ1) is 7.88. The van der Waals surface area contributed by atoms with E-state index in [1.807, 2.05) is 6.92 Å². The van der Waals surface area contributed by atoms with Crippen LogP contribution in [0.25, 0.3) is 0 Å². The Balaban J connectivity index is 3.36. The van der Waals surface area contributed by atoms with Crippen LogP contribution in [0, 0.1) is 20.8 Å². The molecule has 0 aliphatic heterocycles. The van der Waals surface area contributed by atoms with Gasteiger partial charge in [-0.05, 0) is 43.5 Å². The van der Waals surface area contributed by atoms with Gasteiger partial charge in [0.25, 0.3) is 0 Å². The molecule has 0 saturated carbocycles. The molecule has 0 atom stereocenters. The lowest BCUT2D eigenvalue weighted by molar-refractivity contribution is -0.131. The molecule has 4 nitrogen and oxygen atoms in total. The minimum atomic E-state index is -0.386. The van der Waals surface area contributed by atoms with Crippen LogP contribution in [0.4, 0.5) is 0 Å². The van der Waals surface area contributed by atoms with Gasteiger partial charge in [-0.3, -0.25) is 4.79 Å². The van der Waals surface area contributed by atoms with Crippen LogP contribution in [0.2, 0.25) is 0 Å². The van der Waals surface area contributed by atoms with Crippen molar-refractivity contribution in [1.82, 2.24) is 0 Å². The highest BCUT2D eigenvalue weighted by Crippen LogP contribution is 2.29. The Hall–Kier alpha value is -1.84. The maximum Gasteiger partial charge on any atom is 0.338 e. The number of hydrogen-bond donors (Lipinski definition) is 0. The van der Waals surface area contributed by atoms with E-state index < -0.39 is 0 Å². The van der Waals surface area contributed by atoms with E-state index in [0.717, 1.165) is 16.7 Å². The van der Waals surface area contributed by atoms with Gasteiger partial charge >= 0.3 is 11.9 Å². The minimum absolute atomic E-state index is 0.374. The van der Waals surface area contributed by atoms with Crippen molar-refractivity contribution in [2.45, 2.75) is 27.7 Å². The van der Waals surface area contributed by atoms with Gasteiger partial charge in [-0.15, -0.1) is 0 Å². The zero-order valence-corrected chi connectivity index (χ0v) is 10.7. The highest BCUT2D eigenvalue weighted by molar-refractivity contribution is 5.92. The number of methoxy groups -OCH3 is 1. The summed E-state index contributed by atoms with van der Waals surface area (Å²) in [5, 5.41) is 0. The summed E-state index contributed by atoms with van der Waals surface area (Å²) in [6.45, 7) is 6.75. The number of hydrogen-bond acceptors (Lipinski definition) is 4. The lowest BCUT2D eigenvalue weighted by atomic mass is 9.98. The first kappa shape index (κ1) is 13.2. The second-order valence-electron chi connectivity index (χ2n) is 3.91. The second-order valence-corrected chi connectivity index (χ2v) is 3.91. The number of benzene rings is 1. The molecule has 0 unspecified atom stereocenters. The Bertz CT molecular complexity index is 475. The van der Waals surface area contributed by atoms with Gasteiger partial charge in [-0.1, -0.05) is 0 Å². The smallest absolute Gasteiger partial charge is 0.338 e. The summed E-state index contributed by atoms with van der Waals surface area (Å²) in [7, 11) is 1.34. The highest BCUT2D eigenvalue weighted by atomic mass is 16.5. The normalized spacial score (nSPS) is 9.94. The molecule has 0 heterocycles. The average molecular weight is 236 g/mol. The van der Waals surface area contributed by atoms with Gasteiger partial charge in [0.1, 0.15) is 5.75 Å². The molecule has 0 fully saturated rings. The molecular formula is C13H16O4. The van der Waals surface area contributed by atoms with Crippen molar-refractivity contribution in [2.75, 3.05) is 7.11 Å². The Kier molecular flexibility index (Phi) is 3.89. The Morgan fingerprint density at radius 2 is 1.71 bits per heavy atom. The molecule has 0 aliphatic rings. The molecule has 4 heteroatoms. The Morgan fingerprint density at radius 3 is 2.18 bits per heavy atom. The third-order valence-electron chi connectivity index (χ3n) is 2.68. The summed E-state index contributed by atoms with van der Waals surface area (Å²) in [6, 6.07) is 1.67. The first-order valence-corrected chi connectivity index (χ1v) is 5.26. The van der Waals surface area contributed by atoms with Crippen LogP contribution in [0.15, 0.2) is 6.07 Å². The number of carbonyl (C=O) groups excluding carboxylic acids is 2. The van der Waals surface area contributed by atoms with E-state index in [2.05, 4.69) is 0 Å². The Labute approximate surface area is 101 Å². The molecule has 1 aromatic rings. The summed E-state index contributed by atoms with van der Waals surface area (Å²) in [6.07, 6.45) is 0. The number of esters is 2. The molecule has 17 heavy (non-hydrogen) atoms. The quantitative estimate of drug-likeness (QED) is 0.584. The predicted molar refractivity (Wildman–Crippen MR) is 63.3 cm³/mol. The summed E-state index contributed by atoms with van der Waals surface area (Å²) < 4.78 is 9.84. The molecule has 0 bridgehead atoms. The van der Waals surface area contributed by atoms with Crippen LogP contribution in [0.3, 0.4) is 0 Å². The fraction of sp³-hybridized carbons (Fsp3) is 0.385. The second kappa shape index (κ2) is 4.99. The third-order valence-corrected chi connectivity index (χ3v) is 2.68. The van der Waals surface area contributed by atoms with E-state index in [4.69, 9.17) is 9.47 Å². The molecule has 0 aromatic heterocycles. The van der Waals surface area contributed by atoms with E-state index >= 15 is 0 Å². The molecule has 1 rings (SSSR count). The maximum atomic E-state index is 11.5. The molecule has 0 spiro atoms. The molecule has 0 amide bonds. The van der Waals surface area contributed by atoms with Crippen molar-refractivity contribution in [3.8, 4) is 5.75 Å². The molecule has 0 N–H and O–H groups in total. The van der Waals surface area contributed by atoms with Crippen LogP contribution in [-0.4, -0.2) is 19.0 Å². The summed E-state index contributed by atoms with van der Waals surface area (Å²) >= 11 is 0. The van der Waals surface area contributed by atoms with Crippen LogP contribution in [-0.2, 0) is 9.53 Å². The van der Waals surface area contributed by atoms with Gasteiger partial charge in [-0.25, -0.2) is 4.79 Å². The molecule has 1 aromatic carbocycles. The standard InChI is InChI=1S/C13H16O4/c1-7-6-11(13(15)16-5)8(2)9(3)12(7)17-10(4)14/h6H,1-5H3. The lowest BCUT2D eigenvalue weighted by Gasteiger charge is -2.14. The monoisotopic (exact) mass is 236 g/mol. The predicted octanol–water partition coefficient (Wildman–Crippen LogP) is 2.32. The van der Waals surface area contributed by atoms with E-state index in [9.17, 15) is 9.59 Å². The summed E-state index contributed by atoms with van der Waals surface area (Å²) in [5.74, 6) is -0.243. The Morgan fingerprint density at radius 1 is 1.12 bits per heavy atom. The van der Waals surface area contributed by atoms with Gasteiger partial charge in [0.2, 0.25) is 0 Å². The average Bonchev–Trinajstić information content (AvgIpc) is 2.28. The molecule has 0 saturated heterocycles. The van der Waals surface area contributed by atoms with Crippen molar-refractivity contribution in [2.24, 2.45) is 0 Å². The van der Waals surface area contributed by atoms with Crippen LogP contribution >= 0.6 is 0 Å². The maximum absolute atomic E-state index is 11.5. The van der Waals surface area contributed by atoms with Crippen molar-refractivity contribution >= 4 is 11.9 Å². The third kappa shape index (κ3) is 2.64.